The Hall–Kier alpha value is -3.31. The summed E-state index contributed by atoms with van der Waals surface area (Å²) >= 11 is 0. The lowest BCUT2D eigenvalue weighted by atomic mass is 10.1. The van der Waals surface area contributed by atoms with Gasteiger partial charge in [-0.3, -0.25) is 4.98 Å². The summed E-state index contributed by atoms with van der Waals surface area (Å²) in [5.41, 5.74) is 0.958. The van der Waals surface area contributed by atoms with Crippen LogP contribution in [0.5, 0.6) is 0 Å². The second-order valence-electron chi connectivity index (χ2n) is 7.76. The van der Waals surface area contributed by atoms with Gasteiger partial charge < -0.3 is 4.84 Å². The minimum atomic E-state index is -4.64. The van der Waals surface area contributed by atoms with Gasteiger partial charge in [-0.15, -0.1) is 0 Å². The fourth-order valence-corrected chi connectivity index (χ4v) is 5.07. The number of carbonyl (C=O) groups excluding carboxylic acids is 1. The normalized spacial score (nSPS) is 15.3. The molecular formula is C23H20F3N3O4S. The van der Waals surface area contributed by atoms with Gasteiger partial charge in [-0.1, -0.05) is 29.4 Å². The monoisotopic (exact) mass is 491 g/mol. The minimum absolute atomic E-state index is 0.0174. The lowest BCUT2D eigenvalue weighted by Gasteiger charge is -2.26. The number of para-hydroxylation sites is 1. The average Bonchev–Trinajstić information content (AvgIpc) is 2.82. The van der Waals surface area contributed by atoms with Crippen LogP contribution < -0.4 is 0 Å². The van der Waals surface area contributed by atoms with Crippen molar-refractivity contribution in [3.05, 3.63) is 71.9 Å². The molecule has 0 aliphatic carbocycles. The first-order valence-corrected chi connectivity index (χ1v) is 11.8. The van der Waals surface area contributed by atoms with Crippen LogP contribution >= 0.6 is 0 Å². The molecular weight excluding hydrogens is 471 g/mol. The molecule has 1 aliphatic heterocycles. The van der Waals surface area contributed by atoms with Crippen LogP contribution in [0.3, 0.4) is 0 Å². The maximum absolute atomic E-state index is 12.9. The fourth-order valence-electron chi connectivity index (χ4n) is 3.59. The number of oxime groups is 1. The second-order valence-corrected chi connectivity index (χ2v) is 9.70. The lowest BCUT2D eigenvalue weighted by Crippen LogP contribution is -2.38. The number of sulfonamides is 1. The molecule has 0 bridgehead atoms. The summed E-state index contributed by atoms with van der Waals surface area (Å²) < 4.78 is 65.4. The van der Waals surface area contributed by atoms with E-state index >= 15 is 0 Å². The smallest absolute Gasteiger partial charge is 0.318 e. The third-order valence-electron chi connectivity index (χ3n) is 5.37. The van der Waals surface area contributed by atoms with Gasteiger partial charge >= 0.3 is 12.1 Å². The van der Waals surface area contributed by atoms with E-state index in [0.29, 0.717) is 17.3 Å². The van der Waals surface area contributed by atoms with Crippen LogP contribution in [-0.2, 0) is 32.3 Å². The maximum Gasteiger partial charge on any atom is 0.416 e. The van der Waals surface area contributed by atoms with E-state index in [2.05, 4.69) is 10.1 Å². The van der Waals surface area contributed by atoms with E-state index in [1.807, 2.05) is 30.3 Å². The van der Waals surface area contributed by atoms with Gasteiger partial charge in [0.2, 0.25) is 10.0 Å². The van der Waals surface area contributed by atoms with Crippen molar-refractivity contribution in [1.29, 1.82) is 0 Å². The Labute approximate surface area is 193 Å². The number of carbonyl (C=O) groups is 1. The number of piperidine rings is 1. The number of hydrogen-bond donors (Lipinski definition) is 0. The van der Waals surface area contributed by atoms with Crippen molar-refractivity contribution in [2.75, 3.05) is 13.1 Å². The van der Waals surface area contributed by atoms with Gasteiger partial charge in [0.15, 0.2) is 0 Å². The van der Waals surface area contributed by atoms with Crippen LogP contribution in [0.15, 0.2) is 70.8 Å². The van der Waals surface area contributed by atoms with Crippen molar-refractivity contribution in [1.82, 2.24) is 9.29 Å². The summed E-state index contributed by atoms with van der Waals surface area (Å²) in [5.74, 6) is -0.580. The zero-order chi connectivity index (χ0) is 24.3. The summed E-state index contributed by atoms with van der Waals surface area (Å²) in [7, 11) is -4.09. The summed E-state index contributed by atoms with van der Waals surface area (Å²) in [6.07, 6.45) is -2.68. The Morgan fingerprint density at radius 1 is 1.06 bits per heavy atom. The molecule has 0 saturated carbocycles. The number of rotatable bonds is 5. The molecule has 1 fully saturated rings. The summed E-state index contributed by atoms with van der Waals surface area (Å²) in [6, 6.07) is 13.0. The van der Waals surface area contributed by atoms with Crippen LogP contribution in [0.25, 0.3) is 10.9 Å². The molecule has 1 aliphatic rings. The Morgan fingerprint density at radius 2 is 1.79 bits per heavy atom. The van der Waals surface area contributed by atoms with Crippen LogP contribution in [0, 0.1) is 0 Å². The van der Waals surface area contributed by atoms with Gasteiger partial charge in [0.1, 0.15) is 0 Å². The van der Waals surface area contributed by atoms with Crippen molar-refractivity contribution >= 4 is 32.6 Å². The molecule has 11 heteroatoms. The maximum atomic E-state index is 12.9. The van der Waals surface area contributed by atoms with E-state index < -0.39 is 32.6 Å². The van der Waals surface area contributed by atoms with Crippen LogP contribution in [0.1, 0.15) is 24.0 Å². The molecule has 178 valence electrons. The number of nitrogens with zero attached hydrogens (tertiary/aromatic N) is 3. The molecule has 0 radical (unpaired) electrons. The molecule has 4 rings (SSSR count). The van der Waals surface area contributed by atoms with Gasteiger partial charge in [-0.25, -0.2) is 13.2 Å². The molecule has 0 unspecified atom stereocenters. The highest BCUT2D eigenvalue weighted by atomic mass is 32.2. The fraction of sp³-hybridized carbons (Fsp3) is 0.261. The van der Waals surface area contributed by atoms with E-state index in [4.69, 9.17) is 4.84 Å². The van der Waals surface area contributed by atoms with Crippen LogP contribution in [0.4, 0.5) is 13.2 Å². The van der Waals surface area contributed by atoms with Crippen LogP contribution in [0.2, 0.25) is 0 Å². The zero-order valence-electron chi connectivity index (χ0n) is 17.8. The summed E-state index contributed by atoms with van der Waals surface area (Å²) in [5, 5.41) is 4.75. The van der Waals surface area contributed by atoms with Gasteiger partial charge in [-0.2, -0.15) is 17.5 Å². The Morgan fingerprint density at radius 3 is 2.53 bits per heavy atom. The third kappa shape index (κ3) is 5.42. The molecule has 2 heterocycles. The highest BCUT2D eigenvalue weighted by Gasteiger charge is 2.33. The third-order valence-corrected chi connectivity index (χ3v) is 7.27. The summed E-state index contributed by atoms with van der Waals surface area (Å²) in [4.78, 5) is 21.0. The largest absolute Gasteiger partial charge is 0.416 e. The standard InChI is InChI=1S/C23H20F3N3O4S/c24-23(25,26)18-5-3-6-20(14-18)34(31,32)29-10-8-19(9-11-29)28-33-22(30)13-16-12-17-4-1-2-7-21(17)27-15-16/h1-7,12,14-15H,8-11,13H2. The predicted octanol–water partition coefficient (Wildman–Crippen LogP) is 4.18. The van der Waals surface area contributed by atoms with Crippen molar-refractivity contribution in [2.24, 2.45) is 5.16 Å². The molecule has 0 N–H and O–H groups in total. The molecule has 2 aromatic carbocycles. The predicted molar refractivity (Wildman–Crippen MR) is 118 cm³/mol. The van der Waals surface area contributed by atoms with Crippen molar-refractivity contribution in [2.45, 2.75) is 30.3 Å². The van der Waals surface area contributed by atoms with Gasteiger partial charge in [0.25, 0.3) is 0 Å². The molecule has 34 heavy (non-hydrogen) atoms. The van der Waals surface area contributed by atoms with Crippen molar-refractivity contribution in [3.8, 4) is 0 Å². The van der Waals surface area contributed by atoms with E-state index in [1.54, 1.807) is 6.20 Å². The zero-order valence-corrected chi connectivity index (χ0v) is 18.6. The molecule has 1 aromatic heterocycles. The van der Waals surface area contributed by atoms with E-state index in [1.165, 1.54) is 0 Å². The van der Waals surface area contributed by atoms with E-state index in [9.17, 15) is 26.4 Å². The molecule has 3 aromatic rings. The number of pyridine rings is 1. The second kappa shape index (κ2) is 9.51. The number of hydrogen-bond acceptors (Lipinski definition) is 6. The Balaban J connectivity index is 1.34. The number of fused-ring (bicyclic) bond motifs is 1. The number of alkyl halides is 3. The highest BCUT2D eigenvalue weighted by Crippen LogP contribution is 2.31. The average molecular weight is 491 g/mol. The lowest BCUT2D eigenvalue weighted by molar-refractivity contribution is -0.143. The Kier molecular flexibility index (Phi) is 6.67. The van der Waals surface area contributed by atoms with Gasteiger partial charge in [0.05, 0.1) is 28.1 Å². The number of aromatic nitrogens is 1. The molecule has 1 saturated heterocycles. The van der Waals surface area contributed by atoms with Gasteiger partial charge in [0, 0.05) is 37.5 Å². The van der Waals surface area contributed by atoms with E-state index in [-0.39, 0.29) is 32.4 Å². The first-order chi connectivity index (χ1) is 16.1. The van der Waals surface area contributed by atoms with Crippen molar-refractivity contribution in [3.63, 3.8) is 0 Å². The quantitative estimate of drug-likeness (QED) is 0.395. The van der Waals surface area contributed by atoms with Crippen molar-refractivity contribution < 1.29 is 31.2 Å². The van der Waals surface area contributed by atoms with E-state index in [0.717, 1.165) is 33.4 Å². The first kappa shape index (κ1) is 23.8. The number of benzene rings is 2. The van der Waals surface area contributed by atoms with Gasteiger partial charge in [-0.05, 0) is 35.9 Å². The molecule has 0 atom stereocenters. The molecule has 0 amide bonds. The molecule has 7 nitrogen and oxygen atoms in total. The minimum Gasteiger partial charge on any atom is -0.318 e. The Bertz CT molecular complexity index is 1350. The highest BCUT2D eigenvalue weighted by molar-refractivity contribution is 7.89. The topological polar surface area (TPSA) is 88.9 Å². The molecule has 0 spiro atoms. The summed E-state index contributed by atoms with van der Waals surface area (Å²) in [6.45, 7) is 0.0348. The van der Waals surface area contributed by atoms with Crippen LogP contribution in [-0.4, -0.2) is 42.5 Å². The number of halogens is 3. The SMILES string of the molecule is O=C(Cc1cnc2ccccc2c1)ON=C1CCN(S(=O)(=O)c2cccc(C(F)(F)F)c2)CC1. The first-order valence-electron chi connectivity index (χ1n) is 10.4.